The third-order valence-corrected chi connectivity index (χ3v) is 5.15. The number of rotatable bonds is 6. The molecular formula is C24H22FN3O3. The molecule has 0 bridgehead atoms. The van der Waals surface area contributed by atoms with Crippen LogP contribution in [0.3, 0.4) is 0 Å². The molecule has 31 heavy (non-hydrogen) atoms. The smallest absolute Gasteiger partial charge is 0.251 e. The number of ether oxygens (including phenoxy) is 1. The van der Waals surface area contributed by atoms with Crippen molar-refractivity contribution in [3.63, 3.8) is 0 Å². The lowest BCUT2D eigenvalue weighted by molar-refractivity contribution is -0.118. The van der Waals surface area contributed by atoms with E-state index in [1.807, 2.05) is 19.1 Å². The Kier molecular flexibility index (Phi) is 5.93. The lowest BCUT2D eigenvalue weighted by atomic mass is 10.1. The molecule has 0 spiro atoms. The van der Waals surface area contributed by atoms with E-state index in [-0.39, 0.29) is 24.1 Å². The molecule has 158 valence electrons. The molecule has 1 N–H and O–H groups in total. The van der Waals surface area contributed by atoms with Crippen molar-refractivity contribution in [1.29, 1.82) is 0 Å². The molecule has 4 rings (SSSR count). The van der Waals surface area contributed by atoms with E-state index >= 15 is 0 Å². The molecule has 3 aromatic rings. The van der Waals surface area contributed by atoms with Crippen LogP contribution in [-0.2, 0) is 17.8 Å². The second kappa shape index (κ2) is 8.95. The fourth-order valence-electron chi connectivity index (χ4n) is 3.55. The molecule has 2 heterocycles. The minimum absolute atomic E-state index is 0.0777. The number of halogens is 1. The summed E-state index contributed by atoms with van der Waals surface area (Å²) in [4.78, 5) is 30.3. The first-order chi connectivity index (χ1) is 15.0. The summed E-state index contributed by atoms with van der Waals surface area (Å²) < 4.78 is 19.9. The Balaban J connectivity index is 1.39. The first kappa shape index (κ1) is 20.5. The number of amides is 2. The predicted molar refractivity (Wildman–Crippen MR) is 115 cm³/mol. The van der Waals surface area contributed by atoms with Crippen LogP contribution >= 0.6 is 0 Å². The van der Waals surface area contributed by atoms with Gasteiger partial charge in [-0.15, -0.1) is 0 Å². The van der Waals surface area contributed by atoms with Crippen LogP contribution in [0.1, 0.15) is 34.8 Å². The molecule has 0 atom stereocenters. The monoisotopic (exact) mass is 419 g/mol. The first-order valence-electron chi connectivity index (χ1n) is 10.1. The Morgan fingerprint density at radius 3 is 2.81 bits per heavy atom. The summed E-state index contributed by atoms with van der Waals surface area (Å²) in [5.41, 5.74) is 2.99. The van der Waals surface area contributed by atoms with Crippen molar-refractivity contribution >= 4 is 17.5 Å². The standard InChI is InChI=1S/C24H22FN3O3/c1-2-23(29)28-11-9-17-13-18(6-7-21(17)28)24(30)27-14-16-5-8-22(20(25)12-16)31-19-4-3-10-26-15-19/h3-8,10,12-13,15H,2,9,11,14H2,1H3,(H,27,30). The summed E-state index contributed by atoms with van der Waals surface area (Å²) in [6.07, 6.45) is 4.29. The third kappa shape index (κ3) is 4.55. The van der Waals surface area contributed by atoms with Gasteiger partial charge in [0.2, 0.25) is 5.91 Å². The number of nitrogens with zero attached hydrogens (tertiary/aromatic N) is 2. The summed E-state index contributed by atoms with van der Waals surface area (Å²) >= 11 is 0. The number of hydrogen-bond acceptors (Lipinski definition) is 4. The van der Waals surface area contributed by atoms with Crippen LogP contribution in [0.4, 0.5) is 10.1 Å². The topological polar surface area (TPSA) is 71.5 Å². The molecule has 7 heteroatoms. The lowest BCUT2D eigenvalue weighted by Crippen LogP contribution is -2.27. The zero-order valence-electron chi connectivity index (χ0n) is 17.1. The Bertz CT molecular complexity index is 1120. The predicted octanol–water partition coefficient (Wildman–Crippen LogP) is 4.24. The number of anilines is 1. The maximum absolute atomic E-state index is 14.4. The largest absolute Gasteiger partial charge is 0.453 e. The van der Waals surface area contributed by atoms with Gasteiger partial charge in [0, 0.05) is 37.0 Å². The fourth-order valence-corrected chi connectivity index (χ4v) is 3.55. The zero-order chi connectivity index (χ0) is 21.8. The maximum atomic E-state index is 14.4. The van der Waals surface area contributed by atoms with Crippen LogP contribution in [0.15, 0.2) is 60.9 Å². The zero-order valence-corrected chi connectivity index (χ0v) is 17.1. The van der Waals surface area contributed by atoms with Gasteiger partial charge < -0.3 is 15.0 Å². The Morgan fingerprint density at radius 2 is 2.06 bits per heavy atom. The number of carbonyl (C=O) groups excluding carboxylic acids is 2. The summed E-state index contributed by atoms with van der Waals surface area (Å²) in [6, 6.07) is 13.3. The van der Waals surface area contributed by atoms with E-state index in [2.05, 4.69) is 10.3 Å². The SMILES string of the molecule is CCC(=O)N1CCc2cc(C(=O)NCc3ccc(Oc4cccnc4)c(F)c3)ccc21. The van der Waals surface area contributed by atoms with Crippen LogP contribution in [0.5, 0.6) is 11.5 Å². The molecule has 0 saturated heterocycles. The van der Waals surface area contributed by atoms with Gasteiger partial charge in [-0.05, 0) is 60.0 Å². The molecule has 0 saturated carbocycles. The van der Waals surface area contributed by atoms with Crippen molar-refractivity contribution in [3.05, 3.63) is 83.4 Å². The molecule has 0 aliphatic carbocycles. The van der Waals surface area contributed by atoms with Gasteiger partial charge in [-0.25, -0.2) is 4.39 Å². The van der Waals surface area contributed by atoms with Gasteiger partial charge in [-0.2, -0.15) is 0 Å². The highest BCUT2D eigenvalue weighted by Crippen LogP contribution is 2.29. The minimum atomic E-state index is -0.520. The van der Waals surface area contributed by atoms with Gasteiger partial charge in [0.25, 0.3) is 5.91 Å². The van der Waals surface area contributed by atoms with Crippen molar-refractivity contribution in [2.24, 2.45) is 0 Å². The molecule has 0 radical (unpaired) electrons. The highest BCUT2D eigenvalue weighted by atomic mass is 19.1. The molecule has 1 aliphatic heterocycles. The van der Waals surface area contributed by atoms with Crippen LogP contribution in [-0.4, -0.2) is 23.3 Å². The number of carbonyl (C=O) groups is 2. The van der Waals surface area contributed by atoms with Gasteiger partial charge in [0.15, 0.2) is 11.6 Å². The van der Waals surface area contributed by atoms with Crippen LogP contribution in [0, 0.1) is 5.82 Å². The molecule has 1 aliphatic rings. The number of hydrogen-bond donors (Lipinski definition) is 1. The van der Waals surface area contributed by atoms with E-state index in [1.54, 1.807) is 35.4 Å². The van der Waals surface area contributed by atoms with Crippen molar-refractivity contribution in [1.82, 2.24) is 10.3 Å². The van der Waals surface area contributed by atoms with Crippen LogP contribution in [0.2, 0.25) is 0 Å². The Labute approximate surface area is 179 Å². The summed E-state index contributed by atoms with van der Waals surface area (Å²) in [6.45, 7) is 2.66. The average Bonchev–Trinajstić information content (AvgIpc) is 3.22. The van der Waals surface area contributed by atoms with Gasteiger partial charge in [0.1, 0.15) is 5.75 Å². The van der Waals surface area contributed by atoms with Crippen molar-refractivity contribution in [3.8, 4) is 11.5 Å². The number of pyridine rings is 1. The Morgan fingerprint density at radius 1 is 1.19 bits per heavy atom. The van der Waals surface area contributed by atoms with E-state index in [4.69, 9.17) is 4.74 Å². The molecular weight excluding hydrogens is 397 g/mol. The number of benzene rings is 2. The molecule has 2 aromatic carbocycles. The van der Waals surface area contributed by atoms with E-state index in [0.29, 0.717) is 29.8 Å². The van der Waals surface area contributed by atoms with Gasteiger partial charge in [0.05, 0.1) is 6.20 Å². The number of aromatic nitrogens is 1. The Hall–Kier alpha value is -3.74. The summed E-state index contributed by atoms with van der Waals surface area (Å²) in [5, 5.41) is 2.81. The molecule has 2 amide bonds. The van der Waals surface area contributed by atoms with Crippen molar-refractivity contribution in [2.45, 2.75) is 26.3 Å². The normalized spacial score (nSPS) is 12.4. The highest BCUT2D eigenvalue weighted by molar-refractivity contribution is 5.98. The van der Waals surface area contributed by atoms with Crippen molar-refractivity contribution in [2.75, 3.05) is 11.4 Å². The van der Waals surface area contributed by atoms with Gasteiger partial charge >= 0.3 is 0 Å². The quantitative estimate of drug-likeness (QED) is 0.649. The molecule has 6 nitrogen and oxygen atoms in total. The third-order valence-electron chi connectivity index (χ3n) is 5.15. The summed E-state index contributed by atoms with van der Waals surface area (Å²) in [7, 11) is 0. The van der Waals surface area contributed by atoms with E-state index in [1.165, 1.54) is 18.3 Å². The minimum Gasteiger partial charge on any atom is -0.453 e. The highest BCUT2D eigenvalue weighted by Gasteiger charge is 2.24. The molecule has 1 aromatic heterocycles. The molecule has 0 unspecified atom stereocenters. The first-order valence-corrected chi connectivity index (χ1v) is 10.1. The van der Waals surface area contributed by atoms with Gasteiger partial charge in [-0.3, -0.25) is 14.6 Å². The van der Waals surface area contributed by atoms with Gasteiger partial charge in [-0.1, -0.05) is 13.0 Å². The van der Waals surface area contributed by atoms with E-state index < -0.39 is 5.82 Å². The second-order valence-electron chi connectivity index (χ2n) is 7.23. The number of nitrogens with one attached hydrogen (secondary N) is 1. The van der Waals surface area contributed by atoms with Crippen LogP contribution in [0.25, 0.3) is 0 Å². The van der Waals surface area contributed by atoms with E-state index in [0.717, 1.165) is 17.7 Å². The van der Waals surface area contributed by atoms with Crippen molar-refractivity contribution < 1.29 is 18.7 Å². The average molecular weight is 419 g/mol. The van der Waals surface area contributed by atoms with Crippen LogP contribution < -0.4 is 15.0 Å². The maximum Gasteiger partial charge on any atom is 0.251 e. The van der Waals surface area contributed by atoms with E-state index in [9.17, 15) is 14.0 Å². The number of fused-ring (bicyclic) bond motifs is 1. The fraction of sp³-hybridized carbons (Fsp3) is 0.208. The lowest BCUT2D eigenvalue weighted by Gasteiger charge is -2.16. The second-order valence-corrected chi connectivity index (χ2v) is 7.23. The summed E-state index contributed by atoms with van der Waals surface area (Å²) in [5.74, 6) is -0.159. The molecule has 0 fully saturated rings.